The fourth-order valence-corrected chi connectivity index (χ4v) is 2.21. The number of ether oxygens (including phenoxy) is 1. The molecule has 1 atom stereocenters. The Labute approximate surface area is 128 Å². The minimum absolute atomic E-state index is 0.156. The Bertz CT molecular complexity index is 651. The summed E-state index contributed by atoms with van der Waals surface area (Å²) in [4.78, 5) is 26.2. The maximum Gasteiger partial charge on any atom is 0.328 e. The molecule has 0 saturated carbocycles. The Balaban J connectivity index is 2.45. The average molecular weight is 302 g/mol. The van der Waals surface area contributed by atoms with E-state index in [0.717, 1.165) is 0 Å². The van der Waals surface area contributed by atoms with Crippen LogP contribution in [0.25, 0.3) is 0 Å². The lowest BCUT2D eigenvalue weighted by Crippen LogP contribution is -2.45. The number of nitrogens with zero attached hydrogens (tertiary/aromatic N) is 2. The van der Waals surface area contributed by atoms with Crippen LogP contribution in [0.4, 0.5) is 5.69 Å². The molecule has 6 heteroatoms. The highest BCUT2D eigenvalue weighted by atomic mass is 16.5. The highest BCUT2D eigenvalue weighted by molar-refractivity contribution is 6.08. The molecule has 116 valence electrons. The summed E-state index contributed by atoms with van der Waals surface area (Å²) in [6.07, 6.45) is 0.421. The van der Waals surface area contributed by atoms with E-state index in [1.807, 2.05) is 13.0 Å². The van der Waals surface area contributed by atoms with Gasteiger partial charge in [-0.1, -0.05) is 30.3 Å². The first kappa shape index (κ1) is 15.8. The summed E-state index contributed by atoms with van der Waals surface area (Å²) in [6, 6.07) is 9.78. The molecule has 1 aromatic carbocycles. The number of amides is 1. The number of benzene rings is 1. The van der Waals surface area contributed by atoms with Crippen molar-refractivity contribution in [2.75, 3.05) is 12.0 Å². The molecule has 0 fully saturated rings. The zero-order valence-electron chi connectivity index (χ0n) is 12.8. The quantitative estimate of drug-likeness (QED) is 0.794. The molecule has 2 rings (SSSR count). The average Bonchev–Trinajstić information content (AvgIpc) is 2.98. The molecule has 2 aromatic rings. The summed E-state index contributed by atoms with van der Waals surface area (Å²) in [6.45, 7) is 3.52. The van der Waals surface area contributed by atoms with Gasteiger partial charge in [-0.05, 0) is 25.5 Å². The van der Waals surface area contributed by atoms with Crippen molar-refractivity contribution >= 4 is 17.6 Å². The van der Waals surface area contributed by atoms with Crippen molar-refractivity contribution in [1.82, 2.24) is 5.16 Å². The Kier molecular flexibility index (Phi) is 4.93. The van der Waals surface area contributed by atoms with E-state index in [4.69, 9.17) is 9.26 Å². The Morgan fingerprint density at radius 3 is 2.50 bits per heavy atom. The van der Waals surface area contributed by atoms with E-state index < -0.39 is 17.9 Å². The van der Waals surface area contributed by atoms with Crippen molar-refractivity contribution in [3.63, 3.8) is 0 Å². The first-order valence-electron chi connectivity index (χ1n) is 6.98. The number of methoxy groups -OCH3 is 1. The van der Waals surface area contributed by atoms with Crippen molar-refractivity contribution in [2.45, 2.75) is 26.3 Å². The van der Waals surface area contributed by atoms with Crippen LogP contribution < -0.4 is 4.90 Å². The first-order chi connectivity index (χ1) is 10.6. The van der Waals surface area contributed by atoms with Crippen molar-refractivity contribution in [1.29, 1.82) is 0 Å². The summed E-state index contributed by atoms with van der Waals surface area (Å²) in [5, 5.41) is 3.75. The van der Waals surface area contributed by atoms with Crippen molar-refractivity contribution in [2.24, 2.45) is 0 Å². The van der Waals surface area contributed by atoms with Crippen LogP contribution in [-0.2, 0) is 9.53 Å². The van der Waals surface area contributed by atoms with Gasteiger partial charge >= 0.3 is 5.97 Å². The predicted octanol–water partition coefficient (Wildman–Crippen LogP) is 2.58. The lowest BCUT2D eigenvalue weighted by atomic mass is 10.1. The minimum Gasteiger partial charge on any atom is -0.467 e. The number of esters is 1. The molecule has 0 bridgehead atoms. The highest BCUT2D eigenvalue weighted by Gasteiger charge is 2.32. The van der Waals surface area contributed by atoms with Crippen LogP contribution in [0.2, 0.25) is 0 Å². The van der Waals surface area contributed by atoms with E-state index in [-0.39, 0.29) is 5.69 Å². The molecule has 0 radical (unpaired) electrons. The highest BCUT2D eigenvalue weighted by Crippen LogP contribution is 2.22. The number of hydrogen-bond acceptors (Lipinski definition) is 5. The maximum atomic E-state index is 12.8. The molecule has 1 heterocycles. The van der Waals surface area contributed by atoms with Crippen molar-refractivity contribution in [3.05, 3.63) is 47.9 Å². The van der Waals surface area contributed by atoms with E-state index in [9.17, 15) is 9.59 Å². The largest absolute Gasteiger partial charge is 0.467 e. The number of aryl methyl sites for hydroxylation is 1. The summed E-state index contributed by atoms with van der Waals surface area (Å²) < 4.78 is 9.78. The van der Waals surface area contributed by atoms with Crippen LogP contribution in [0.3, 0.4) is 0 Å². The lowest BCUT2D eigenvalue weighted by molar-refractivity contribution is -0.142. The van der Waals surface area contributed by atoms with E-state index >= 15 is 0 Å². The number of rotatable bonds is 5. The Morgan fingerprint density at radius 1 is 1.32 bits per heavy atom. The van der Waals surface area contributed by atoms with Crippen molar-refractivity contribution < 1.29 is 18.8 Å². The molecule has 0 saturated heterocycles. The Morgan fingerprint density at radius 2 is 2.00 bits per heavy atom. The van der Waals surface area contributed by atoms with E-state index in [1.54, 1.807) is 37.3 Å². The van der Waals surface area contributed by atoms with Gasteiger partial charge in [0, 0.05) is 11.8 Å². The van der Waals surface area contributed by atoms with Crippen LogP contribution in [0, 0.1) is 6.92 Å². The second kappa shape index (κ2) is 6.89. The molecule has 6 nitrogen and oxygen atoms in total. The summed E-state index contributed by atoms with van der Waals surface area (Å²) in [5.74, 6) is -0.345. The molecular weight excluding hydrogens is 284 g/mol. The third-order valence-corrected chi connectivity index (χ3v) is 3.27. The fourth-order valence-electron chi connectivity index (χ4n) is 2.21. The third-order valence-electron chi connectivity index (χ3n) is 3.27. The number of para-hydroxylation sites is 1. The molecule has 1 amide bonds. The molecule has 0 spiro atoms. The van der Waals surface area contributed by atoms with Gasteiger partial charge in [-0.15, -0.1) is 0 Å². The van der Waals surface area contributed by atoms with Gasteiger partial charge in [-0.25, -0.2) is 4.79 Å². The molecule has 22 heavy (non-hydrogen) atoms. The van der Waals surface area contributed by atoms with E-state index in [2.05, 4.69) is 5.16 Å². The Hall–Kier alpha value is -2.63. The van der Waals surface area contributed by atoms with E-state index in [0.29, 0.717) is 17.9 Å². The van der Waals surface area contributed by atoms with Crippen LogP contribution >= 0.6 is 0 Å². The van der Waals surface area contributed by atoms with Gasteiger partial charge in [0.05, 0.1) is 7.11 Å². The van der Waals surface area contributed by atoms with Gasteiger partial charge in [0.15, 0.2) is 5.69 Å². The standard InChI is InChI=1S/C16H18N2O4/c1-4-14(16(20)21-3)18(12-8-6-5-7-9-12)15(19)13-10-11(2)22-17-13/h5-10,14H,4H2,1-3H3/t14-/m1/s1. The number of anilines is 1. The van der Waals surface area contributed by atoms with Gasteiger partial charge < -0.3 is 9.26 Å². The van der Waals surface area contributed by atoms with E-state index in [1.165, 1.54) is 12.0 Å². The SMILES string of the molecule is CC[C@H](C(=O)OC)N(C(=O)c1cc(C)on1)c1ccccc1. The lowest BCUT2D eigenvalue weighted by Gasteiger charge is -2.28. The number of hydrogen-bond donors (Lipinski definition) is 0. The van der Waals surface area contributed by atoms with Gasteiger partial charge in [-0.3, -0.25) is 9.69 Å². The van der Waals surface area contributed by atoms with Gasteiger partial charge in [0.25, 0.3) is 5.91 Å². The summed E-state index contributed by atoms with van der Waals surface area (Å²) in [7, 11) is 1.30. The number of carbonyl (C=O) groups excluding carboxylic acids is 2. The molecule has 1 aromatic heterocycles. The fraction of sp³-hybridized carbons (Fsp3) is 0.312. The molecule has 0 aliphatic carbocycles. The molecule has 0 N–H and O–H groups in total. The minimum atomic E-state index is -0.725. The molecule has 0 unspecified atom stereocenters. The summed E-state index contributed by atoms with van der Waals surface area (Å²) in [5.41, 5.74) is 0.758. The van der Waals surface area contributed by atoms with Crippen LogP contribution in [0.15, 0.2) is 40.9 Å². The third kappa shape index (κ3) is 3.16. The monoisotopic (exact) mass is 302 g/mol. The zero-order chi connectivity index (χ0) is 16.1. The van der Waals surface area contributed by atoms with Gasteiger partial charge in [0.2, 0.25) is 0 Å². The number of carbonyl (C=O) groups is 2. The number of aromatic nitrogens is 1. The normalized spacial score (nSPS) is 11.8. The topological polar surface area (TPSA) is 72.6 Å². The van der Waals surface area contributed by atoms with Crippen molar-refractivity contribution in [3.8, 4) is 0 Å². The zero-order valence-corrected chi connectivity index (χ0v) is 12.8. The van der Waals surface area contributed by atoms with Crippen LogP contribution in [0.5, 0.6) is 0 Å². The first-order valence-corrected chi connectivity index (χ1v) is 6.98. The van der Waals surface area contributed by atoms with Gasteiger partial charge in [-0.2, -0.15) is 0 Å². The second-order valence-corrected chi connectivity index (χ2v) is 4.78. The smallest absolute Gasteiger partial charge is 0.328 e. The van der Waals surface area contributed by atoms with Crippen LogP contribution in [-0.4, -0.2) is 30.2 Å². The maximum absolute atomic E-state index is 12.8. The molecule has 0 aliphatic rings. The van der Waals surface area contributed by atoms with Crippen LogP contribution in [0.1, 0.15) is 29.6 Å². The van der Waals surface area contributed by atoms with Gasteiger partial charge in [0.1, 0.15) is 11.8 Å². The predicted molar refractivity (Wildman–Crippen MR) is 80.6 cm³/mol. The second-order valence-electron chi connectivity index (χ2n) is 4.78. The summed E-state index contributed by atoms with van der Waals surface area (Å²) >= 11 is 0. The molecular formula is C16H18N2O4. The molecule has 0 aliphatic heterocycles.